The summed E-state index contributed by atoms with van der Waals surface area (Å²) in [6.45, 7) is 6.28. The minimum absolute atomic E-state index is 0.00791. The minimum Gasteiger partial charge on any atom is -0.289 e. The quantitative estimate of drug-likeness (QED) is 0.764. The van der Waals surface area contributed by atoms with Gasteiger partial charge in [-0.05, 0) is 51.1 Å². The maximum absolute atomic E-state index is 12.7. The molecule has 0 amide bonds. The molecular weight excluding hydrogens is 304 g/mol. The first-order valence-corrected chi connectivity index (χ1v) is 7.84. The highest BCUT2D eigenvalue weighted by Gasteiger charge is 2.29. The number of rotatable bonds is 2. The number of thioether (sulfide) groups is 1. The van der Waals surface area contributed by atoms with Crippen LogP contribution in [0.2, 0.25) is 5.02 Å². The summed E-state index contributed by atoms with van der Waals surface area (Å²) < 4.78 is 1.92. The van der Waals surface area contributed by atoms with Gasteiger partial charge >= 0.3 is 0 Å². The third-order valence-corrected chi connectivity index (χ3v) is 4.70. The Morgan fingerprint density at radius 3 is 2.62 bits per heavy atom. The van der Waals surface area contributed by atoms with E-state index in [1.54, 1.807) is 42.2 Å². The highest BCUT2D eigenvalue weighted by Crippen LogP contribution is 2.40. The van der Waals surface area contributed by atoms with Crippen molar-refractivity contribution < 1.29 is 4.79 Å². The molecule has 0 unspecified atom stereocenters. The van der Waals surface area contributed by atoms with Crippen LogP contribution >= 0.6 is 23.4 Å². The van der Waals surface area contributed by atoms with Gasteiger partial charge in [0.15, 0.2) is 5.16 Å². The normalized spacial score (nSPS) is 16.3. The van der Waals surface area contributed by atoms with Gasteiger partial charge in [-0.15, -0.1) is 0 Å². The minimum atomic E-state index is -0.0431. The number of carbonyl (C=O) groups excluding carboxylic acids is 1. The van der Waals surface area contributed by atoms with Gasteiger partial charge in [0.25, 0.3) is 0 Å². The number of hydrogen-bond donors (Lipinski definition) is 0. The van der Waals surface area contributed by atoms with E-state index in [-0.39, 0.29) is 10.5 Å². The largest absolute Gasteiger partial charge is 0.289 e. The molecule has 0 atom stereocenters. The van der Waals surface area contributed by atoms with Crippen molar-refractivity contribution in [1.29, 1.82) is 0 Å². The maximum Gasteiger partial charge on any atom is 0.211 e. The van der Waals surface area contributed by atoms with E-state index in [1.807, 2.05) is 11.5 Å². The number of hydrogen-bond acceptors (Lipinski definition) is 3. The number of aromatic nitrogens is 2. The van der Waals surface area contributed by atoms with Crippen molar-refractivity contribution in [3.63, 3.8) is 0 Å². The zero-order valence-corrected chi connectivity index (χ0v) is 13.6. The summed E-state index contributed by atoms with van der Waals surface area (Å²) in [6.07, 6.45) is 3.81. The number of halogens is 1. The molecule has 3 nitrogen and oxygen atoms in total. The second kappa shape index (κ2) is 5.04. The van der Waals surface area contributed by atoms with Crippen LogP contribution in [0.15, 0.2) is 41.7 Å². The number of benzene rings is 1. The van der Waals surface area contributed by atoms with Crippen LogP contribution in [0.4, 0.5) is 0 Å². The van der Waals surface area contributed by atoms with E-state index in [1.165, 1.54) is 0 Å². The molecule has 3 rings (SSSR count). The first-order valence-electron chi connectivity index (χ1n) is 6.64. The number of ketones is 1. The predicted molar refractivity (Wildman–Crippen MR) is 87.0 cm³/mol. The smallest absolute Gasteiger partial charge is 0.211 e. The lowest BCUT2D eigenvalue weighted by Crippen LogP contribution is -2.20. The Labute approximate surface area is 133 Å². The second-order valence-corrected chi connectivity index (χ2v) is 7.65. The first-order chi connectivity index (χ1) is 9.87. The van der Waals surface area contributed by atoms with Gasteiger partial charge in [-0.25, -0.2) is 4.98 Å². The highest BCUT2D eigenvalue weighted by atomic mass is 35.5. The molecule has 21 heavy (non-hydrogen) atoms. The van der Waals surface area contributed by atoms with Gasteiger partial charge in [-0.1, -0.05) is 23.4 Å². The van der Waals surface area contributed by atoms with Crippen molar-refractivity contribution in [3.05, 3.63) is 52.8 Å². The molecule has 0 aliphatic carbocycles. The van der Waals surface area contributed by atoms with Crippen LogP contribution < -0.4 is 0 Å². The third-order valence-electron chi connectivity index (χ3n) is 3.33. The molecule has 1 aromatic heterocycles. The van der Waals surface area contributed by atoms with Crippen molar-refractivity contribution in [1.82, 2.24) is 9.55 Å². The molecule has 2 heterocycles. The molecule has 0 bridgehead atoms. The Kier molecular flexibility index (Phi) is 3.46. The molecule has 1 aromatic carbocycles. The molecule has 0 N–H and O–H groups in total. The van der Waals surface area contributed by atoms with Gasteiger partial charge in [-0.3, -0.25) is 9.36 Å². The Hall–Kier alpha value is -1.52. The van der Waals surface area contributed by atoms with Crippen molar-refractivity contribution >= 4 is 34.8 Å². The van der Waals surface area contributed by atoms with Crippen LogP contribution in [-0.4, -0.2) is 20.1 Å². The van der Waals surface area contributed by atoms with Crippen LogP contribution in [0.25, 0.3) is 5.70 Å². The van der Waals surface area contributed by atoms with E-state index in [0.717, 1.165) is 10.9 Å². The molecule has 0 fully saturated rings. The number of imidazole rings is 1. The van der Waals surface area contributed by atoms with Gasteiger partial charge in [0.2, 0.25) is 5.78 Å². The number of fused-ring (bicyclic) bond motifs is 1. The van der Waals surface area contributed by atoms with Gasteiger partial charge in [0, 0.05) is 21.0 Å². The fourth-order valence-corrected chi connectivity index (χ4v) is 3.75. The predicted octanol–water partition coefficient (Wildman–Crippen LogP) is 4.51. The fraction of sp³-hybridized carbons (Fsp3) is 0.250. The lowest BCUT2D eigenvalue weighted by molar-refractivity contribution is 0.103. The lowest BCUT2D eigenvalue weighted by Gasteiger charge is -2.27. The van der Waals surface area contributed by atoms with E-state index >= 15 is 0 Å². The van der Waals surface area contributed by atoms with E-state index in [9.17, 15) is 4.79 Å². The molecule has 0 spiro atoms. The zero-order valence-electron chi connectivity index (χ0n) is 12.1. The average Bonchev–Trinajstić information content (AvgIpc) is 2.81. The molecule has 0 saturated carbocycles. The molecule has 0 radical (unpaired) electrons. The molecule has 1 aliphatic rings. The summed E-state index contributed by atoms with van der Waals surface area (Å²) in [6, 6.07) is 6.93. The Morgan fingerprint density at radius 2 is 1.95 bits per heavy atom. The third kappa shape index (κ3) is 2.65. The molecule has 2 aromatic rings. The number of allylic oxidation sites excluding steroid dienone is 1. The number of nitrogens with zero attached hydrogens (tertiary/aromatic N) is 2. The monoisotopic (exact) mass is 318 g/mol. The van der Waals surface area contributed by atoms with Gasteiger partial charge in [-0.2, -0.15) is 0 Å². The standard InChI is InChI=1S/C16H15ClN2OS/c1-10-8-16(2,3)21-15-18-9-13(19(10)15)14(20)11-4-6-12(17)7-5-11/h4-9H,1-3H3. The highest BCUT2D eigenvalue weighted by molar-refractivity contribution is 8.00. The number of carbonyl (C=O) groups is 1. The first kappa shape index (κ1) is 14.4. The Morgan fingerprint density at radius 1 is 1.29 bits per heavy atom. The lowest BCUT2D eigenvalue weighted by atomic mass is 10.1. The summed E-state index contributed by atoms with van der Waals surface area (Å²) in [7, 11) is 0. The van der Waals surface area contributed by atoms with Gasteiger partial charge < -0.3 is 0 Å². The average molecular weight is 319 g/mol. The van der Waals surface area contributed by atoms with E-state index < -0.39 is 0 Å². The van der Waals surface area contributed by atoms with E-state index in [2.05, 4.69) is 24.9 Å². The van der Waals surface area contributed by atoms with Crippen LogP contribution in [0.3, 0.4) is 0 Å². The Bertz CT molecular complexity index is 744. The van der Waals surface area contributed by atoms with Gasteiger partial charge in [0.1, 0.15) is 5.69 Å². The summed E-state index contributed by atoms with van der Waals surface area (Å²) in [5.41, 5.74) is 2.23. The van der Waals surface area contributed by atoms with Crippen molar-refractivity contribution in [2.45, 2.75) is 30.7 Å². The van der Waals surface area contributed by atoms with Crippen LogP contribution in [0, 0.1) is 0 Å². The van der Waals surface area contributed by atoms with Crippen LogP contribution in [-0.2, 0) is 0 Å². The molecule has 1 aliphatic heterocycles. The summed E-state index contributed by atoms with van der Waals surface area (Å²) >= 11 is 7.53. The van der Waals surface area contributed by atoms with Gasteiger partial charge in [0.05, 0.1) is 6.20 Å². The van der Waals surface area contributed by atoms with Crippen LogP contribution in [0.5, 0.6) is 0 Å². The van der Waals surface area contributed by atoms with E-state index in [0.29, 0.717) is 16.3 Å². The second-order valence-electron chi connectivity index (χ2n) is 5.59. The SMILES string of the molecule is CC1=CC(C)(C)Sc2ncc(C(=O)c3ccc(Cl)cc3)n21. The fourth-order valence-electron chi connectivity index (χ4n) is 2.49. The summed E-state index contributed by atoms with van der Waals surface area (Å²) in [5, 5.41) is 1.48. The topological polar surface area (TPSA) is 34.9 Å². The summed E-state index contributed by atoms with van der Waals surface area (Å²) in [4.78, 5) is 17.1. The summed E-state index contributed by atoms with van der Waals surface area (Å²) in [5.74, 6) is -0.0431. The zero-order chi connectivity index (χ0) is 15.2. The van der Waals surface area contributed by atoms with Crippen molar-refractivity contribution in [3.8, 4) is 0 Å². The Balaban J connectivity index is 2.04. The van der Waals surface area contributed by atoms with Crippen molar-refractivity contribution in [2.75, 3.05) is 0 Å². The molecule has 108 valence electrons. The maximum atomic E-state index is 12.7. The van der Waals surface area contributed by atoms with E-state index in [4.69, 9.17) is 11.6 Å². The molecule has 0 saturated heterocycles. The molecular formula is C16H15ClN2OS. The molecule has 5 heteroatoms. The van der Waals surface area contributed by atoms with Crippen molar-refractivity contribution in [2.24, 2.45) is 0 Å². The van der Waals surface area contributed by atoms with Crippen LogP contribution in [0.1, 0.15) is 36.8 Å².